The minimum Gasteiger partial charge on any atom is -0.339 e. The lowest BCUT2D eigenvalue weighted by molar-refractivity contribution is -0.132. The number of thioether (sulfide) groups is 1. The highest BCUT2D eigenvalue weighted by Crippen LogP contribution is 2.39. The largest absolute Gasteiger partial charge is 0.339 e. The Balaban J connectivity index is 1.28. The molecule has 2 fully saturated rings. The molecule has 2 heterocycles. The molecule has 1 aliphatic carbocycles. The second kappa shape index (κ2) is 8.02. The first-order valence-electron chi connectivity index (χ1n) is 9.73. The van der Waals surface area contributed by atoms with E-state index in [2.05, 4.69) is 43.9 Å². The minimum absolute atomic E-state index is 0.138. The molecule has 1 saturated heterocycles. The van der Waals surface area contributed by atoms with Gasteiger partial charge < -0.3 is 9.47 Å². The van der Waals surface area contributed by atoms with E-state index in [4.69, 9.17) is 0 Å². The molecule has 1 aromatic heterocycles. The second-order valence-corrected chi connectivity index (χ2v) is 8.83. The highest BCUT2D eigenvalue weighted by atomic mass is 32.2. The molecule has 7 heteroatoms. The maximum atomic E-state index is 12.9. The van der Waals surface area contributed by atoms with Crippen molar-refractivity contribution in [3.63, 3.8) is 0 Å². The Morgan fingerprint density at radius 2 is 1.85 bits per heavy atom. The molecule has 27 heavy (non-hydrogen) atoms. The van der Waals surface area contributed by atoms with Crippen molar-refractivity contribution in [3.8, 4) is 0 Å². The topological polar surface area (TPSA) is 54.3 Å². The summed E-state index contributed by atoms with van der Waals surface area (Å²) >= 11 is 1.53. The Bertz CT molecular complexity index is 781. The van der Waals surface area contributed by atoms with Crippen LogP contribution in [0.5, 0.6) is 0 Å². The van der Waals surface area contributed by atoms with Gasteiger partial charge >= 0.3 is 0 Å². The molecule has 1 atom stereocenters. The summed E-state index contributed by atoms with van der Waals surface area (Å²) in [5, 5.41) is 9.32. The van der Waals surface area contributed by atoms with Gasteiger partial charge in [-0.3, -0.25) is 9.69 Å². The number of rotatable bonds is 6. The van der Waals surface area contributed by atoms with Crippen molar-refractivity contribution in [1.82, 2.24) is 24.6 Å². The van der Waals surface area contributed by atoms with Crippen LogP contribution in [-0.2, 0) is 18.4 Å². The van der Waals surface area contributed by atoms with Crippen LogP contribution in [0.4, 0.5) is 0 Å². The number of nitrogens with zero attached hydrogens (tertiary/aromatic N) is 5. The van der Waals surface area contributed by atoms with Gasteiger partial charge in [0.1, 0.15) is 5.82 Å². The van der Waals surface area contributed by atoms with E-state index in [9.17, 15) is 4.79 Å². The molecule has 0 bridgehead atoms. The van der Waals surface area contributed by atoms with Crippen LogP contribution in [0.3, 0.4) is 0 Å². The van der Waals surface area contributed by atoms with Gasteiger partial charge in [0.05, 0.1) is 5.25 Å². The molecule has 2 aliphatic rings. The number of hydrogen-bond acceptors (Lipinski definition) is 5. The molecule has 0 N–H and O–H groups in total. The molecular weight excluding hydrogens is 358 g/mol. The van der Waals surface area contributed by atoms with Crippen LogP contribution in [0.1, 0.15) is 37.1 Å². The Morgan fingerprint density at radius 3 is 2.52 bits per heavy atom. The number of aromatic nitrogens is 3. The Hall–Kier alpha value is -1.86. The lowest BCUT2D eigenvalue weighted by atomic mass is 10.2. The zero-order chi connectivity index (χ0) is 18.8. The van der Waals surface area contributed by atoms with Gasteiger partial charge in [0.15, 0.2) is 5.16 Å². The van der Waals surface area contributed by atoms with Gasteiger partial charge in [-0.05, 0) is 25.3 Å². The summed E-state index contributed by atoms with van der Waals surface area (Å²) in [4.78, 5) is 17.3. The van der Waals surface area contributed by atoms with Gasteiger partial charge in [-0.1, -0.05) is 42.1 Å². The van der Waals surface area contributed by atoms with Crippen LogP contribution in [0.15, 0.2) is 35.5 Å². The lowest BCUT2D eigenvalue weighted by Gasteiger charge is -2.35. The Morgan fingerprint density at radius 1 is 1.15 bits per heavy atom. The zero-order valence-corrected chi connectivity index (χ0v) is 16.9. The van der Waals surface area contributed by atoms with Gasteiger partial charge in [-0.15, -0.1) is 10.2 Å². The fourth-order valence-corrected chi connectivity index (χ4v) is 4.47. The zero-order valence-electron chi connectivity index (χ0n) is 16.0. The van der Waals surface area contributed by atoms with Gasteiger partial charge in [0.25, 0.3) is 0 Å². The third-order valence-electron chi connectivity index (χ3n) is 5.37. The second-order valence-electron chi connectivity index (χ2n) is 7.52. The van der Waals surface area contributed by atoms with Crippen LogP contribution >= 0.6 is 11.8 Å². The fourth-order valence-electron chi connectivity index (χ4n) is 3.56. The molecule has 1 amide bonds. The molecule has 1 unspecified atom stereocenters. The number of hydrogen-bond donors (Lipinski definition) is 0. The van der Waals surface area contributed by atoms with E-state index in [1.165, 1.54) is 30.2 Å². The molecule has 1 aromatic carbocycles. The maximum absolute atomic E-state index is 12.9. The molecule has 0 radical (unpaired) electrons. The third kappa shape index (κ3) is 4.35. The van der Waals surface area contributed by atoms with E-state index in [-0.39, 0.29) is 11.2 Å². The van der Waals surface area contributed by atoms with Crippen molar-refractivity contribution in [2.24, 2.45) is 7.05 Å². The van der Waals surface area contributed by atoms with Gasteiger partial charge in [-0.2, -0.15) is 0 Å². The van der Waals surface area contributed by atoms with Gasteiger partial charge in [0, 0.05) is 45.7 Å². The van der Waals surface area contributed by atoms with Gasteiger partial charge in [0.2, 0.25) is 5.91 Å². The quantitative estimate of drug-likeness (QED) is 0.715. The molecule has 144 valence electrons. The summed E-state index contributed by atoms with van der Waals surface area (Å²) in [5.41, 5.74) is 1.33. The number of carbonyl (C=O) groups is 1. The lowest BCUT2D eigenvalue weighted by Crippen LogP contribution is -2.50. The first-order valence-corrected chi connectivity index (χ1v) is 10.6. The van der Waals surface area contributed by atoms with Crippen molar-refractivity contribution in [2.75, 3.05) is 26.2 Å². The van der Waals surface area contributed by atoms with Crippen molar-refractivity contribution in [1.29, 1.82) is 0 Å². The van der Waals surface area contributed by atoms with Crippen LogP contribution in [0.25, 0.3) is 0 Å². The normalized spacial score (nSPS) is 19.3. The molecule has 0 spiro atoms. The molecule has 2 aromatic rings. The van der Waals surface area contributed by atoms with E-state index < -0.39 is 0 Å². The standard InChI is InChI=1S/C20H27N5OS/c1-15(27-20-22-21-18(23(20)2)17-8-9-17)19(26)25-12-10-24(11-13-25)14-16-6-4-3-5-7-16/h3-7,15,17H,8-14H2,1-2H3. The molecule has 4 rings (SSSR count). The molecule has 6 nitrogen and oxygen atoms in total. The van der Waals surface area contributed by atoms with Crippen molar-refractivity contribution < 1.29 is 4.79 Å². The summed E-state index contributed by atoms with van der Waals surface area (Å²) in [7, 11) is 2.01. The average molecular weight is 386 g/mol. The number of piperazine rings is 1. The first-order chi connectivity index (χ1) is 13.1. The highest BCUT2D eigenvalue weighted by molar-refractivity contribution is 8.00. The number of benzene rings is 1. The van der Waals surface area contributed by atoms with Crippen LogP contribution in [0, 0.1) is 0 Å². The fraction of sp³-hybridized carbons (Fsp3) is 0.550. The summed E-state index contributed by atoms with van der Waals surface area (Å²) in [6.07, 6.45) is 2.41. The van der Waals surface area contributed by atoms with Crippen LogP contribution in [0.2, 0.25) is 0 Å². The minimum atomic E-state index is -0.138. The Kier molecular flexibility index (Phi) is 5.50. The third-order valence-corrected chi connectivity index (χ3v) is 6.50. The Labute approximate surface area is 164 Å². The molecule has 1 saturated carbocycles. The van der Waals surface area contributed by atoms with E-state index in [0.29, 0.717) is 5.92 Å². The van der Waals surface area contributed by atoms with Crippen molar-refractivity contribution in [3.05, 3.63) is 41.7 Å². The summed E-state index contributed by atoms with van der Waals surface area (Å²) in [6, 6.07) is 10.5. The maximum Gasteiger partial charge on any atom is 0.235 e. The summed E-state index contributed by atoms with van der Waals surface area (Å²) in [6.45, 7) is 6.37. The van der Waals surface area contributed by atoms with Crippen molar-refractivity contribution in [2.45, 2.75) is 42.6 Å². The molecule has 1 aliphatic heterocycles. The average Bonchev–Trinajstić information content (AvgIpc) is 3.47. The predicted molar refractivity (Wildman–Crippen MR) is 107 cm³/mol. The van der Waals surface area contributed by atoms with Gasteiger partial charge in [-0.25, -0.2) is 0 Å². The summed E-state index contributed by atoms with van der Waals surface area (Å²) in [5.74, 6) is 1.84. The predicted octanol–water partition coefficient (Wildman–Crippen LogP) is 2.52. The summed E-state index contributed by atoms with van der Waals surface area (Å²) < 4.78 is 2.06. The SMILES string of the molecule is CC(Sc1nnc(C2CC2)n1C)C(=O)N1CCN(Cc2ccccc2)CC1. The highest BCUT2D eigenvalue weighted by Gasteiger charge is 2.31. The molecular formula is C20H27N5OS. The van der Waals surface area contributed by atoms with E-state index in [1.807, 2.05) is 24.9 Å². The van der Waals surface area contributed by atoms with Crippen molar-refractivity contribution >= 4 is 17.7 Å². The monoisotopic (exact) mass is 385 g/mol. The van der Waals surface area contributed by atoms with E-state index in [0.717, 1.165) is 43.7 Å². The van der Waals surface area contributed by atoms with E-state index in [1.54, 1.807) is 0 Å². The smallest absolute Gasteiger partial charge is 0.235 e. The number of carbonyl (C=O) groups excluding carboxylic acids is 1. The van der Waals surface area contributed by atoms with E-state index >= 15 is 0 Å². The van der Waals surface area contributed by atoms with Crippen LogP contribution in [-0.4, -0.2) is 61.9 Å². The number of amides is 1. The van der Waals surface area contributed by atoms with Crippen LogP contribution < -0.4 is 0 Å². The first kappa shape index (κ1) is 18.5.